The second-order valence-electron chi connectivity index (χ2n) is 4.68. The molecule has 3 heteroatoms. The number of ketones is 1. The van der Waals surface area contributed by atoms with Gasteiger partial charge in [0.1, 0.15) is 5.60 Å². The molecule has 2 rings (SSSR count). The van der Waals surface area contributed by atoms with Gasteiger partial charge in [-0.05, 0) is 37.1 Å². The highest BCUT2D eigenvalue weighted by Gasteiger charge is 2.43. The molecule has 1 aliphatic rings. The van der Waals surface area contributed by atoms with Crippen molar-refractivity contribution >= 4 is 5.78 Å². The first-order valence-electron chi connectivity index (χ1n) is 5.61. The Balaban J connectivity index is 2.49. The van der Waals surface area contributed by atoms with Gasteiger partial charge in [-0.25, -0.2) is 0 Å². The van der Waals surface area contributed by atoms with E-state index < -0.39 is 18.1 Å². The number of rotatable bonds is 2. The first kappa shape index (κ1) is 12.0. The van der Waals surface area contributed by atoms with Gasteiger partial charge < -0.3 is 10.2 Å². The number of carbonyl (C=O) groups excluding carboxylic acids is 1. The molecule has 2 atom stereocenters. The first-order valence-corrected chi connectivity index (χ1v) is 5.61. The second kappa shape index (κ2) is 4.09. The number of allylic oxidation sites excluding steroid dienone is 1. The molecular formula is C14H16O3. The molecule has 0 bridgehead atoms. The van der Waals surface area contributed by atoms with E-state index in [2.05, 4.69) is 0 Å². The van der Waals surface area contributed by atoms with Crippen molar-refractivity contribution in [2.24, 2.45) is 0 Å². The van der Waals surface area contributed by atoms with Crippen molar-refractivity contribution in [3.8, 4) is 0 Å². The van der Waals surface area contributed by atoms with Gasteiger partial charge in [-0.2, -0.15) is 0 Å². The van der Waals surface area contributed by atoms with Crippen LogP contribution in [-0.2, 0) is 4.79 Å². The van der Waals surface area contributed by atoms with Crippen LogP contribution in [0.4, 0.5) is 0 Å². The average molecular weight is 232 g/mol. The third kappa shape index (κ3) is 1.92. The molecule has 0 aromatic heterocycles. The van der Waals surface area contributed by atoms with Crippen molar-refractivity contribution in [1.29, 1.82) is 0 Å². The molecule has 0 unspecified atom stereocenters. The van der Waals surface area contributed by atoms with E-state index >= 15 is 0 Å². The molecule has 0 fully saturated rings. The van der Waals surface area contributed by atoms with Crippen molar-refractivity contribution in [2.45, 2.75) is 25.4 Å². The molecule has 17 heavy (non-hydrogen) atoms. The molecule has 1 aliphatic carbocycles. The molecule has 90 valence electrons. The van der Waals surface area contributed by atoms with Crippen LogP contribution in [-0.4, -0.2) is 28.2 Å². The molecule has 0 aliphatic heterocycles. The zero-order valence-corrected chi connectivity index (χ0v) is 9.97. The van der Waals surface area contributed by atoms with Crippen LogP contribution in [0.3, 0.4) is 0 Å². The van der Waals surface area contributed by atoms with Gasteiger partial charge in [0.25, 0.3) is 0 Å². The lowest BCUT2D eigenvalue weighted by Gasteiger charge is -2.27. The van der Waals surface area contributed by atoms with Gasteiger partial charge in [0.2, 0.25) is 0 Å². The monoisotopic (exact) mass is 232 g/mol. The molecule has 0 heterocycles. The van der Waals surface area contributed by atoms with E-state index in [9.17, 15) is 15.0 Å². The Hall–Kier alpha value is -1.45. The minimum absolute atomic E-state index is 0.159. The van der Waals surface area contributed by atoms with Crippen LogP contribution >= 0.6 is 0 Å². The Morgan fingerprint density at radius 3 is 2.65 bits per heavy atom. The Morgan fingerprint density at radius 2 is 2.06 bits per heavy atom. The van der Waals surface area contributed by atoms with Gasteiger partial charge in [0, 0.05) is 0 Å². The molecule has 0 saturated heterocycles. The van der Waals surface area contributed by atoms with Gasteiger partial charge in [-0.3, -0.25) is 4.79 Å². The largest absolute Gasteiger partial charge is 0.393 e. The van der Waals surface area contributed by atoms with E-state index in [0.717, 1.165) is 16.7 Å². The maximum atomic E-state index is 11.8. The molecule has 1 aromatic rings. The smallest absolute Gasteiger partial charge is 0.166 e. The number of aryl methyl sites for hydroxylation is 2. The van der Waals surface area contributed by atoms with Crippen LogP contribution in [0.15, 0.2) is 30.4 Å². The molecule has 1 aromatic carbocycles. The molecule has 0 radical (unpaired) electrons. The Kier molecular flexibility index (Phi) is 2.89. The zero-order valence-electron chi connectivity index (χ0n) is 9.97. The zero-order chi connectivity index (χ0) is 12.6. The summed E-state index contributed by atoms with van der Waals surface area (Å²) < 4.78 is 0. The average Bonchev–Trinajstić information content (AvgIpc) is 2.57. The van der Waals surface area contributed by atoms with Crippen molar-refractivity contribution in [2.75, 3.05) is 6.61 Å². The summed E-state index contributed by atoms with van der Waals surface area (Å²) in [5, 5.41) is 19.5. The highest BCUT2D eigenvalue weighted by molar-refractivity contribution is 6.00. The fraction of sp³-hybridized carbons (Fsp3) is 0.357. The summed E-state index contributed by atoms with van der Waals surface area (Å²) in [4.78, 5) is 11.8. The summed E-state index contributed by atoms with van der Waals surface area (Å²) in [6.07, 6.45) is 2.74. The van der Waals surface area contributed by atoms with Crippen molar-refractivity contribution in [1.82, 2.24) is 0 Å². The van der Waals surface area contributed by atoms with E-state index in [1.165, 1.54) is 12.2 Å². The summed E-state index contributed by atoms with van der Waals surface area (Å²) in [7, 11) is 0. The van der Waals surface area contributed by atoms with Gasteiger partial charge >= 0.3 is 0 Å². The topological polar surface area (TPSA) is 57.5 Å². The van der Waals surface area contributed by atoms with Crippen molar-refractivity contribution < 1.29 is 15.0 Å². The quantitative estimate of drug-likeness (QED) is 0.806. The predicted molar refractivity (Wildman–Crippen MR) is 64.8 cm³/mol. The SMILES string of the molecule is Cc1ccc([C@H]2C(=O)C=C[C@@]2(O)CO)c(C)c1. The number of aliphatic hydroxyl groups is 2. The minimum atomic E-state index is -1.46. The fourth-order valence-electron chi connectivity index (χ4n) is 2.38. The molecule has 0 saturated carbocycles. The molecular weight excluding hydrogens is 216 g/mol. The molecule has 0 spiro atoms. The fourth-order valence-corrected chi connectivity index (χ4v) is 2.38. The summed E-state index contributed by atoms with van der Waals surface area (Å²) >= 11 is 0. The summed E-state index contributed by atoms with van der Waals surface area (Å²) in [6, 6.07) is 5.73. The number of hydrogen-bond acceptors (Lipinski definition) is 3. The standard InChI is InChI=1S/C14H16O3/c1-9-3-4-11(10(2)7-9)13-12(16)5-6-14(13,17)8-15/h3-7,13,15,17H,8H2,1-2H3/t13-,14+/m0/s1. The number of benzene rings is 1. The van der Waals surface area contributed by atoms with E-state index in [0.29, 0.717) is 0 Å². The molecule has 0 amide bonds. The summed E-state index contributed by atoms with van der Waals surface area (Å²) in [5.74, 6) is -0.846. The Bertz CT molecular complexity index is 490. The number of aliphatic hydroxyl groups excluding tert-OH is 1. The van der Waals surface area contributed by atoms with E-state index in [1.54, 1.807) is 0 Å². The highest BCUT2D eigenvalue weighted by atomic mass is 16.3. The predicted octanol–water partition coefficient (Wildman–Crippen LogP) is 1.25. The van der Waals surface area contributed by atoms with Gasteiger partial charge in [0.15, 0.2) is 5.78 Å². The molecule has 3 nitrogen and oxygen atoms in total. The van der Waals surface area contributed by atoms with Crippen molar-refractivity contribution in [3.63, 3.8) is 0 Å². The third-order valence-corrected chi connectivity index (χ3v) is 3.31. The maximum Gasteiger partial charge on any atom is 0.166 e. The van der Waals surface area contributed by atoms with Gasteiger partial charge in [-0.15, -0.1) is 0 Å². The van der Waals surface area contributed by atoms with E-state index in [4.69, 9.17) is 0 Å². The second-order valence-corrected chi connectivity index (χ2v) is 4.68. The summed E-state index contributed by atoms with van der Waals surface area (Å²) in [5.41, 5.74) is 1.38. The Labute approximate surface area is 100 Å². The minimum Gasteiger partial charge on any atom is -0.393 e. The lowest BCUT2D eigenvalue weighted by Crippen LogP contribution is -2.38. The van der Waals surface area contributed by atoms with Crippen LogP contribution < -0.4 is 0 Å². The molecule has 2 N–H and O–H groups in total. The van der Waals surface area contributed by atoms with Crippen LogP contribution in [0, 0.1) is 13.8 Å². The Morgan fingerprint density at radius 1 is 1.35 bits per heavy atom. The third-order valence-electron chi connectivity index (χ3n) is 3.31. The van der Waals surface area contributed by atoms with E-state index in [1.807, 2.05) is 32.0 Å². The highest BCUT2D eigenvalue weighted by Crippen LogP contribution is 2.37. The van der Waals surface area contributed by atoms with Crippen LogP contribution in [0.25, 0.3) is 0 Å². The first-order chi connectivity index (χ1) is 7.98. The summed E-state index contributed by atoms with van der Waals surface area (Å²) in [6.45, 7) is 3.43. The normalized spacial score (nSPS) is 27.8. The number of hydrogen-bond donors (Lipinski definition) is 2. The maximum absolute atomic E-state index is 11.8. The van der Waals surface area contributed by atoms with Gasteiger partial charge in [0.05, 0.1) is 12.5 Å². The van der Waals surface area contributed by atoms with Crippen LogP contribution in [0.5, 0.6) is 0 Å². The van der Waals surface area contributed by atoms with E-state index in [-0.39, 0.29) is 5.78 Å². The number of carbonyl (C=O) groups is 1. The lowest BCUT2D eigenvalue weighted by atomic mass is 9.82. The van der Waals surface area contributed by atoms with Crippen LogP contribution in [0.2, 0.25) is 0 Å². The van der Waals surface area contributed by atoms with Gasteiger partial charge in [-0.1, -0.05) is 23.8 Å². The van der Waals surface area contributed by atoms with Crippen molar-refractivity contribution in [3.05, 3.63) is 47.0 Å². The van der Waals surface area contributed by atoms with Crippen LogP contribution in [0.1, 0.15) is 22.6 Å². The lowest BCUT2D eigenvalue weighted by molar-refractivity contribution is -0.119.